The van der Waals surface area contributed by atoms with E-state index < -0.39 is 11.9 Å². The molecule has 1 aliphatic heterocycles. The van der Waals surface area contributed by atoms with Gasteiger partial charge in [-0.25, -0.2) is 19.4 Å². The van der Waals surface area contributed by atoms with Crippen molar-refractivity contribution < 1.29 is 24.1 Å². The van der Waals surface area contributed by atoms with Gasteiger partial charge in [-0.3, -0.25) is 0 Å². The highest BCUT2D eigenvalue weighted by Gasteiger charge is 2.24. The summed E-state index contributed by atoms with van der Waals surface area (Å²) in [5, 5.41) is 0. The van der Waals surface area contributed by atoms with Gasteiger partial charge >= 0.3 is 11.9 Å². The van der Waals surface area contributed by atoms with Gasteiger partial charge in [0.15, 0.2) is 0 Å². The largest absolute Gasteiger partial charge is 0.486 e. The van der Waals surface area contributed by atoms with Crippen LogP contribution in [-0.2, 0) is 24.1 Å². The Bertz CT molecular complexity index is 345. The second kappa shape index (κ2) is 4.63. The summed E-state index contributed by atoms with van der Waals surface area (Å²) in [6, 6.07) is 0. The molecule has 1 heterocycles. The standard InChI is InChI=1S/C10H12O5/c1-4-6(2)9(11)14-15-10(12)7(3)8-5-13-8/h4H,5H2,1-3H3/b6-4+,8-7+. The summed E-state index contributed by atoms with van der Waals surface area (Å²) in [4.78, 5) is 30.9. The van der Waals surface area contributed by atoms with Crippen LogP contribution in [0, 0.1) is 0 Å². The van der Waals surface area contributed by atoms with Crippen molar-refractivity contribution in [2.75, 3.05) is 6.61 Å². The molecule has 0 aliphatic carbocycles. The van der Waals surface area contributed by atoms with E-state index in [0.29, 0.717) is 23.5 Å². The van der Waals surface area contributed by atoms with Gasteiger partial charge in [-0.2, -0.15) is 0 Å². The summed E-state index contributed by atoms with van der Waals surface area (Å²) in [5.41, 5.74) is 0.691. The average molecular weight is 212 g/mol. The summed E-state index contributed by atoms with van der Waals surface area (Å²) in [7, 11) is 0. The van der Waals surface area contributed by atoms with Crippen molar-refractivity contribution in [2.24, 2.45) is 0 Å². The van der Waals surface area contributed by atoms with Crippen LogP contribution in [0.2, 0.25) is 0 Å². The maximum absolute atomic E-state index is 11.2. The minimum absolute atomic E-state index is 0.320. The van der Waals surface area contributed by atoms with Gasteiger partial charge in [0, 0.05) is 5.57 Å². The van der Waals surface area contributed by atoms with Gasteiger partial charge in [0.2, 0.25) is 0 Å². The van der Waals surface area contributed by atoms with Crippen LogP contribution in [0.1, 0.15) is 20.8 Å². The fraction of sp³-hybridized carbons (Fsp3) is 0.400. The third kappa shape index (κ3) is 3.12. The van der Waals surface area contributed by atoms with E-state index in [9.17, 15) is 9.59 Å². The zero-order chi connectivity index (χ0) is 11.4. The zero-order valence-corrected chi connectivity index (χ0v) is 8.83. The molecule has 1 fully saturated rings. The highest BCUT2D eigenvalue weighted by Crippen LogP contribution is 2.20. The number of ether oxygens (including phenoxy) is 1. The molecule has 0 aromatic carbocycles. The SMILES string of the molecule is C/C=C(\C)C(=O)OOC(=O)/C(C)=C1\CO1. The van der Waals surface area contributed by atoms with E-state index in [0.717, 1.165) is 0 Å². The quantitative estimate of drug-likeness (QED) is 0.298. The van der Waals surface area contributed by atoms with Crippen LogP contribution in [0.15, 0.2) is 23.0 Å². The molecule has 0 bridgehead atoms. The highest BCUT2D eigenvalue weighted by molar-refractivity contribution is 5.91. The Kier molecular flexibility index (Phi) is 3.49. The van der Waals surface area contributed by atoms with Crippen LogP contribution < -0.4 is 0 Å². The van der Waals surface area contributed by atoms with Crippen molar-refractivity contribution in [3.63, 3.8) is 0 Å². The Balaban J connectivity index is 2.41. The highest BCUT2D eigenvalue weighted by atomic mass is 17.2. The minimum atomic E-state index is -0.709. The van der Waals surface area contributed by atoms with Crippen LogP contribution in [0.5, 0.6) is 0 Å². The second-order valence-corrected chi connectivity index (χ2v) is 3.05. The fourth-order valence-corrected chi connectivity index (χ4v) is 0.688. The van der Waals surface area contributed by atoms with Gasteiger partial charge < -0.3 is 4.74 Å². The fourth-order valence-electron chi connectivity index (χ4n) is 0.688. The summed E-state index contributed by atoms with van der Waals surface area (Å²) >= 11 is 0. The van der Waals surface area contributed by atoms with E-state index in [2.05, 4.69) is 9.78 Å². The maximum atomic E-state index is 11.2. The van der Waals surface area contributed by atoms with Crippen molar-refractivity contribution in [1.82, 2.24) is 0 Å². The zero-order valence-electron chi connectivity index (χ0n) is 8.83. The molecule has 0 radical (unpaired) electrons. The van der Waals surface area contributed by atoms with Gasteiger partial charge in [0.1, 0.15) is 12.4 Å². The summed E-state index contributed by atoms with van der Waals surface area (Å²) in [6.07, 6.45) is 1.56. The first-order valence-electron chi connectivity index (χ1n) is 4.45. The maximum Gasteiger partial charge on any atom is 0.385 e. The summed E-state index contributed by atoms with van der Waals surface area (Å²) < 4.78 is 4.79. The van der Waals surface area contributed by atoms with Crippen LogP contribution in [-0.4, -0.2) is 18.5 Å². The molecule has 0 spiro atoms. The van der Waals surface area contributed by atoms with Crippen LogP contribution in [0.25, 0.3) is 0 Å². The monoisotopic (exact) mass is 212 g/mol. The van der Waals surface area contributed by atoms with Crippen molar-refractivity contribution in [3.8, 4) is 0 Å². The summed E-state index contributed by atoms with van der Waals surface area (Å²) in [5.74, 6) is -0.820. The Hall–Kier alpha value is -1.78. The molecule has 1 saturated heterocycles. The Morgan fingerprint density at radius 3 is 2.27 bits per heavy atom. The van der Waals surface area contributed by atoms with Crippen molar-refractivity contribution in [1.29, 1.82) is 0 Å². The smallest absolute Gasteiger partial charge is 0.385 e. The topological polar surface area (TPSA) is 65.1 Å². The number of carbonyl (C=O) groups excluding carboxylic acids is 2. The molecule has 1 rings (SSSR count). The molecule has 1 aliphatic rings. The van der Waals surface area contributed by atoms with Gasteiger partial charge in [-0.15, -0.1) is 0 Å². The lowest BCUT2D eigenvalue weighted by atomic mass is 10.3. The summed E-state index contributed by atoms with van der Waals surface area (Å²) in [6.45, 7) is 5.22. The minimum Gasteiger partial charge on any atom is -0.486 e. The molecule has 5 heteroatoms. The second-order valence-electron chi connectivity index (χ2n) is 3.05. The number of hydrogen-bond acceptors (Lipinski definition) is 5. The van der Waals surface area contributed by atoms with Crippen LogP contribution in [0.3, 0.4) is 0 Å². The molecule has 0 atom stereocenters. The lowest BCUT2D eigenvalue weighted by Crippen LogP contribution is -2.12. The molecular formula is C10H12O5. The van der Waals surface area contributed by atoms with Gasteiger partial charge in [0.05, 0.1) is 5.57 Å². The molecule has 5 nitrogen and oxygen atoms in total. The van der Waals surface area contributed by atoms with Gasteiger partial charge in [-0.05, 0) is 20.8 Å². The number of hydrogen-bond donors (Lipinski definition) is 0. The van der Waals surface area contributed by atoms with E-state index in [1.54, 1.807) is 26.8 Å². The third-order valence-electron chi connectivity index (χ3n) is 1.96. The van der Waals surface area contributed by atoms with E-state index in [-0.39, 0.29) is 0 Å². The van der Waals surface area contributed by atoms with Crippen molar-refractivity contribution in [2.45, 2.75) is 20.8 Å². The lowest BCUT2D eigenvalue weighted by Gasteiger charge is -2.01. The number of epoxide rings is 1. The molecule has 0 unspecified atom stereocenters. The predicted octanol–water partition coefficient (Wildman–Crippen LogP) is 1.26. The third-order valence-corrected chi connectivity index (χ3v) is 1.96. The predicted molar refractivity (Wildman–Crippen MR) is 50.3 cm³/mol. The Labute approximate surface area is 87.2 Å². The molecule has 0 amide bonds. The molecule has 0 saturated carbocycles. The molecule has 0 aromatic heterocycles. The normalized spacial score (nSPS) is 17.7. The van der Waals surface area contributed by atoms with Gasteiger partial charge in [-0.1, -0.05) is 6.08 Å². The molecular weight excluding hydrogens is 200 g/mol. The van der Waals surface area contributed by atoms with Crippen LogP contribution >= 0.6 is 0 Å². The molecule has 0 N–H and O–H groups in total. The van der Waals surface area contributed by atoms with E-state index >= 15 is 0 Å². The first-order chi connectivity index (χ1) is 7.06. The molecule has 15 heavy (non-hydrogen) atoms. The van der Waals surface area contributed by atoms with Crippen molar-refractivity contribution >= 4 is 11.9 Å². The first-order valence-corrected chi connectivity index (χ1v) is 4.45. The number of rotatable bonds is 2. The molecule has 0 aromatic rings. The Morgan fingerprint density at radius 1 is 1.27 bits per heavy atom. The van der Waals surface area contributed by atoms with E-state index in [1.807, 2.05) is 0 Å². The molecule has 82 valence electrons. The van der Waals surface area contributed by atoms with E-state index in [1.165, 1.54) is 0 Å². The van der Waals surface area contributed by atoms with Crippen LogP contribution in [0.4, 0.5) is 0 Å². The van der Waals surface area contributed by atoms with Gasteiger partial charge in [0.25, 0.3) is 0 Å². The van der Waals surface area contributed by atoms with E-state index in [4.69, 9.17) is 4.74 Å². The first kappa shape index (κ1) is 11.3. The van der Waals surface area contributed by atoms with Crippen molar-refractivity contribution in [3.05, 3.63) is 23.0 Å². The number of allylic oxidation sites excluding steroid dienone is 1. The average Bonchev–Trinajstić information content (AvgIpc) is 3.06. The lowest BCUT2D eigenvalue weighted by molar-refractivity contribution is -0.252. The number of carbonyl (C=O) groups is 2. The Morgan fingerprint density at radius 2 is 1.80 bits per heavy atom.